The number of nitrogen functional groups attached to an aromatic ring is 1. The van der Waals surface area contributed by atoms with Gasteiger partial charge in [0.25, 0.3) is 0 Å². The summed E-state index contributed by atoms with van der Waals surface area (Å²) >= 11 is 0. The van der Waals surface area contributed by atoms with E-state index in [4.69, 9.17) is 10.9 Å². The quantitative estimate of drug-likeness (QED) is 0.453. The minimum atomic E-state index is -3.68. The number of nitrogens with zero attached hydrogens (tertiary/aromatic N) is 2. The molecule has 0 bridgehead atoms. The van der Waals surface area contributed by atoms with Crippen molar-refractivity contribution in [1.82, 2.24) is 9.29 Å². The molecule has 16 heavy (non-hydrogen) atoms. The minimum Gasteiger partial charge on any atom is -0.395 e. The Bertz CT molecular complexity index is 448. The maximum Gasteiger partial charge on any atom is 0.246 e. The number of pyridine rings is 1. The van der Waals surface area contributed by atoms with Crippen molar-refractivity contribution in [2.75, 3.05) is 25.6 Å². The fourth-order valence-corrected chi connectivity index (χ4v) is 2.40. The van der Waals surface area contributed by atoms with Gasteiger partial charge in [0.15, 0.2) is 5.82 Å². The van der Waals surface area contributed by atoms with Crippen LogP contribution in [0.4, 0.5) is 5.82 Å². The van der Waals surface area contributed by atoms with Crippen LogP contribution in [0.3, 0.4) is 0 Å². The lowest BCUT2D eigenvalue weighted by Crippen LogP contribution is -2.30. The molecule has 0 aliphatic heterocycles. The molecule has 7 nitrogen and oxygen atoms in total. The van der Waals surface area contributed by atoms with E-state index in [1.165, 1.54) is 25.4 Å². The van der Waals surface area contributed by atoms with Crippen molar-refractivity contribution in [3.8, 4) is 0 Å². The van der Waals surface area contributed by atoms with Crippen LogP contribution >= 0.6 is 0 Å². The molecule has 0 unspecified atom stereocenters. The topological polar surface area (TPSA) is 109 Å². The van der Waals surface area contributed by atoms with Crippen molar-refractivity contribution in [3.63, 3.8) is 0 Å². The number of rotatable bonds is 5. The summed E-state index contributed by atoms with van der Waals surface area (Å²) < 4.78 is 25.0. The molecule has 0 radical (unpaired) electrons. The number of hydrogen-bond acceptors (Lipinski definition) is 6. The third-order valence-electron chi connectivity index (χ3n) is 2.01. The number of hydrogen-bond donors (Lipinski definition) is 3. The Kier molecular flexibility index (Phi) is 4.19. The first-order chi connectivity index (χ1) is 7.54. The predicted molar refractivity (Wildman–Crippen MR) is 58.9 cm³/mol. The van der Waals surface area contributed by atoms with E-state index < -0.39 is 10.0 Å². The summed E-state index contributed by atoms with van der Waals surface area (Å²) in [6, 6.07) is 2.89. The minimum absolute atomic E-state index is 0.0151. The first kappa shape index (κ1) is 12.8. The van der Waals surface area contributed by atoms with Crippen LogP contribution in [-0.2, 0) is 10.0 Å². The molecule has 1 rings (SSSR count). The molecule has 0 spiro atoms. The molecule has 0 aliphatic carbocycles. The average molecular weight is 246 g/mol. The summed E-state index contributed by atoms with van der Waals surface area (Å²) in [5, 5.41) is 8.71. The lowest BCUT2D eigenvalue weighted by Gasteiger charge is -2.17. The number of aliphatic hydroxyl groups is 1. The Balaban J connectivity index is 3.16. The molecule has 8 heteroatoms. The molecule has 1 heterocycles. The highest BCUT2D eigenvalue weighted by molar-refractivity contribution is 7.89. The molecule has 0 saturated carbocycles. The smallest absolute Gasteiger partial charge is 0.246 e. The zero-order valence-electron chi connectivity index (χ0n) is 8.79. The standard InChI is InChI=1S/C8H14N4O3S/c1-12(5-6-13)16(14,15)7-3-2-4-10-8(7)11-9/h2-4,13H,5-6,9H2,1H3,(H,10,11). The van der Waals surface area contributed by atoms with Crippen LogP contribution in [0.5, 0.6) is 0 Å². The molecular formula is C8H14N4O3S. The number of hydrazine groups is 1. The summed E-state index contributed by atoms with van der Waals surface area (Å²) in [4.78, 5) is 3.78. The van der Waals surface area contributed by atoms with Gasteiger partial charge in [-0.15, -0.1) is 0 Å². The Morgan fingerprint density at radius 2 is 2.31 bits per heavy atom. The highest BCUT2D eigenvalue weighted by Gasteiger charge is 2.23. The summed E-state index contributed by atoms with van der Waals surface area (Å²) in [7, 11) is -2.30. The molecule has 0 fully saturated rings. The molecule has 90 valence electrons. The average Bonchev–Trinajstić information content (AvgIpc) is 2.29. The SMILES string of the molecule is CN(CCO)S(=O)(=O)c1cccnc1NN. The summed E-state index contributed by atoms with van der Waals surface area (Å²) in [5.41, 5.74) is 2.22. The highest BCUT2D eigenvalue weighted by atomic mass is 32.2. The van der Waals surface area contributed by atoms with Crippen molar-refractivity contribution in [2.24, 2.45) is 5.84 Å². The third-order valence-corrected chi connectivity index (χ3v) is 3.90. The number of nitrogens with one attached hydrogen (secondary N) is 1. The van der Waals surface area contributed by atoms with Gasteiger partial charge >= 0.3 is 0 Å². The number of aromatic nitrogens is 1. The molecule has 0 aromatic carbocycles. The normalized spacial score (nSPS) is 11.8. The number of aliphatic hydroxyl groups excluding tert-OH is 1. The van der Waals surface area contributed by atoms with Gasteiger partial charge in [0.05, 0.1) is 6.61 Å². The van der Waals surface area contributed by atoms with Crippen molar-refractivity contribution >= 4 is 15.8 Å². The second-order valence-corrected chi connectivity index (χ2v) is 5.06. The lowest BCUT2D eigenvalue weighted by atomic mass is 10.5. The first-order valence-corrected chi connectivity index (χ1v) is 5.97. The molecule has 1 aromatic rings. The van der Waals surface area contributed by atoms with Gasteiger partial charge in [0.2, 0.25) is 10.0 Å². The number of sulfonamides is 1. The highest BCUT2D eigenvalue weighted by Crippen LogP contribution is 2.20. The van der Waals surface area contributed by atoms with E-state index in [9.17, 15) is 8.42 Å². The zero-order chi connectivity index (χ0) is 12.2. The summed E-state index contributed by atoms with van der Waals surface area (Å²) in [6.45, 7) is -0.234. The molecular weight excluding hydrogens is 232 g/mol. The largest absolute Gasteiger partial charge is 0.395 e. The Morgan fingerprint density at radius 3 is 2.88 bits per heavy atom. The van der Waals surface area contributed by atoms with Crippen molar-refractivity contribution < 1.29 is 13.5 Å². The van der Waals surface area contributed by atoms with Gasteiger partial charge < -0.3 is 10.5 Å². The second-order valence-electron chi connectivity index (χ2n) is 3.04. The predicted octanol–water partition coefficient (Wildman–Crippen LogP) is -1.02. The van der Waals surface area contributed by atoms with Crippen molar-refractivity contribution in [3.05, 3.63) is 18.3 Å². The van der Waals surface area contributed by atoms with E-state index in [1.54, 1.807) is 0 Å². The van der Waals surface area contributed by atoms with E-state index in [0.29, 0.717) is 0 Å². The fraction of sp³-hybridized carbons (Fsp3) is 0.375. The molecule has 4 N–H and O–H groups in total. The van der Waals surface area contributed by atoms with Crippen LogP contribution in [0.15, 0.2) is 23.2 Å². The van der Waals surface area contributed by atoms with E-state index in [2.05, 4.69) is 10.4 Å². The lowest BCUT2D eigenvalue weighted by molar-refractivity contribution is 0.266. The van der Waals surface area contributed by atoms with Crippen LogP contribution in [0.2, 0.25) is 0 Å². The van der Waals surface area contributed by atoms with Crippen LogP contribution in [-0.4, -0.2) is 43.0 Å². The molecule has 0 saturated heterocycles. The fourth-order valence-electron chi connectivity index (χ4n) is 1.14. The van der Waals surface area contributed by atoms with Gasteiger partial charge in [-0.05, 0) is 12.1 Å². The van der Waals surface area contributed by atoms with Gasteiger partial charge in [-0.2, -0.15) is 4.31 Å². The van der Waals surface area contributed by atoms with Gasteiger partial charge in [-0.3, -0.25) is 0 Å². The van der Waals surface area contributed by atoms with Crippen LogP contribution in [0.25, 0.3) is 0 Å². The Labute approximate surface area is 93.9 Å². The molecule has 0 atom stereocenters. The van der Waals surface area contributed by atoms with E-state index >= 15 is 0 Å². The Hall–Kier alpha value is -1.22. The summed E-state index contributed by atoms with van der Waals surface area (Å²) in [5.74, 6) is 5.25. The third kappa shape index (κ3) is 2.47. The van der Waals surface area contributed by atoms with Crippen molar-refractivity contribution in [1.29, 1.82) is 0 Å². The molecule has 0 aliphatic rings. The van der Waals surface area contributed by atoms with E-state index in [1.807, 2.05) is 0 Å². The Morgan fingerprint density at radius 1 is 1.62 bits per heavy atom. The maximum absolute atomic E-state index is 12.0. The number of anilines is 1. The van der Waals surface area contributed by atoms with Crippen LogP contribution < -0.4 is 11.3 Å². The monoisotopic (exact) mass is 246 g/mol. The van der Waals surface area contributed by atoms with Crippen LogP contribution in [0.1, 0.15) is 0 Å². The summed E-state index contributed by atoms with van der Waals surface area (Å²) in [6.07, 6.45) is 1.43. The zero-order valence-corrected chi connectivity index (χ0v) is 9.61. The maximum atomic E-state index is 12.0. The number of likely N-dealkylation sites (N-methyl/N-ethyl adjacent to an activating group) is 1. The second kappa shape index (κ2) is 5.21. The number of nitrogens with two attached hydrogens (primary N) is 1. The first-order valence-electron chi connectivity index (χ1n) is 4.53. The van der Waals surface area contributed by atoms with Crippen LogP contribution in [0, 0.1) is 0 Å². The van der Waals surface area contributed by atoms with Gasteiger partial charge in [0.1, 0.15) is 4.90 Å². The molecule has 0 amide bonds. The van der Waals surface area contributed by atoms with Gasteiger partial charge in [-0.1, -0.05) is 0 Å². The molecule has 1 aromatic heterocycles. The van der Waals surface area contributed by atoms with E-state index in [-0.39, 0.29) is 23.9 Å². The van der Waals surface area contributed by atoms with E-state index in [0.717, 1.165) is 4.31 Å². The van der Waals surface area contributed by atoms with Gasteiger partial charge in [0, 0.05) is 19.8 Å². The van der Waals surface area contributed by atoms with Gasteiger partial charge in [-0.25, -0.2) is 19.2 Å². The van der Waals surface area contributed by atoms with Crippen molar-refractivity contribution in [2.45, 2.75) is 4.90 Å².